The molecule has 0 saturated heterocycles. The second-order valence-corrected chi connectivity index (χ2v) is 6.71. The molecule has 5 nitrogen and oxygen atoms in total. The number of H-pyrrole nitrogens is 1. The molecule has 0 radical (unpaired) electrons. The predicted molar refractivity (Wildman–Crippen MR) is 110 cm³/mol. The minimum absolute atomic E-state index is 0.0368. The summed E-state index contributed by atoms with van der Waals surface area (Å²) in [5, 5.41) is 10.5. The number of ketones is 1. The lowest BCUT2D eigenvalue weighted by Gasteiger charge is -2.16. The zero-order chi connectivity index (χ0) is 20.3. The second-order valence-electron chi connectivity index (χ2n) is 6.71. The molecule has 0 saturated carbocycles. The van der Waals surface area contributed by atoms with Gasteiger partial charge in [0.15, 0.2) is 11.5 Å². The number of aryl methyl sites for hydroxylation is 1. The van der Waals surface area contributed by atoms with Crippen molar-refractivity contribution >= 4 is 22.8 Å². The average Bonchev–Trinajstić information content (AvgIpc) is 3.01. The van der Waals surface area contributed by atoms with Gasteiger partial charge in [0.2, 0.25) is 5.78 Å². The van der Waals surface area contributed by atoms with E-state index in [0.29, 0.717) is 22.6 Å². The third-order valence-electron chi connectivity index (χ3n) is 4.37. The van der Waals surface area contributed by atoms with Gasteiger partial charge in [-0.05, 0) is 39.0 Å². The van der Waals surface area contributed by atoms with E-state index in [1.807, 2.05) is 51.1 Å². The van der Waals surface area contributed by atoms with Crippen molar-refractivity contribution in [2.24, 2.45) is 0 Å². The number of para-hydroxylation sites is 2. The van der Waals surface area contributed by atoms with Gasteiger partial charge in [0, 0.05) is 22.2 Å². The molecule has 0 unspecified atom stereocenters. The number of nitrogens with one attached hydrogen (secondary N) is 1. The molecule has 1 aromatic heterocycles. The number of ether oxygens (including phenoxy) is 2. The standard InChI is InChI=1S/C23H22N2O3/c1-14(2)28-23-16(8-7-11-20(23)27-4)12-17(13-24)22(26)21-15(3)25-19-10-6-5-9-18(19)21/h5-12,14,25H,1-4H3/b17-12-. The van der Waals surface area contributed by atoms with Crippen LogP contribution in [0.15, 0.2) is 48.0 Å². The number of benzene rings is 2. The maximum Gasteiger partial charge on any atom is 0.205 e. The van der Waals surface area contributed by atoms with E-state index in [1.54, 1.807) is 31.4 Å². The molecular weight excluding hydrogens is 352 g/mol. The van der Waals surface area contributed by atoms with E-state index >= 15 is 0 Å². The first kappa shape index (κ1) is 19.2. The van der Waals surface area contributed by atoms with E-state index in [4.69, 9.17) is 9.47 Å². The van der Waals surface area contributed by atoms with Gasteiger partial charge in [-0.3, -0.25) is 4.79 Å². The summed E-state index contributed by atoms with van der Waals surface area (Å²) in [5.74, 6) is 0.738. The first-order chi connectivity index (χ1) is 13.5. The number of carbonyl (C=O) groups is 1. The van der Waals surface area contributed by atoms with Gasteiger partial charge in [0.05, 0.1) is 18.8 Å². The van der Waals surface area contributed by atoms with Crippen LogP contribution in [0, 0.1) is 18.3 Å². The Morgan fingerprint density at radius 1 is 1.18 bits per heavy atom. The minimum atomic E-state index is -0.323. The van der Waals surface area contributed by atoms with Crippen molar-refractivity contribution in [3.05, 3.63) is 64.9 Å². The van der Waals surface area contributed by atoms with E-state index in [-0.39, 0.29) is 17.5 Å². The topological polar surface area (TPSA) is 75.1 Å². The molecule has 3 aromatic rings. The van der Waals surface area contributed by atoms with Crippen LogP contribution in [-0.4, -0.2) is 24.0 Å². The quantitative estimate of drug-likeness (QED) is 0.372. The van der Waals surface area contributed by atoms with Crippen molar-refractivity contribution < 1.29 is 14.3 Å². The minimum Gasteiger partial charge on any atom is -0.493 e. The van der Waals surface area contributed by atoms with E-state index in [0.717, 1.165) is 16.6 Å². The molecule has 5 heteroatoms. The Morgan fingerprint density at radius 2 is 1.93 bits per heavy atom. The number of hydrogen-bond donors (Lipinski definition) is 1. The number of aromatic nitrogens is 1. The number of aromatic amines is 1. The first-order valence-corrected chi connectivity index (χ1v) is 9.03. The normalized spacial score (nSPS) is 11.5. The molecule has 3 rings (SSSR count). The van der Waals surface area contributed by atoms with Gasteiger partial charge in [0.25, 0.3) is 0 Å². The lowest BCUT2D eigenvalue weighted by atomic mass is 9.99. The molecule has 0 aliphatic carbocycles. The van der Waals surface area contributed by atoms with Gasteiger partial charge in [0.1, 0.15) is 11.6 Å². The summed E-state index contributed by atoms with van der Waals surface area (Å²) in [6, 6.07) is 15.0. The SMILES string of the molecule is COc1cccc(/C=C(/C#N)C(=O)c2c(C)[nH]c3ccccc23)c1OC(C)C. The molecule has 0 aliphatic heterocycles. The van der Waals surface area contributed by atoms with Crippen molar-refractivity contribution in [3.63, 3.8) is 0 Å². The summed E-state index contributed by atoms with van der Waals surface area (Å²) < 4.78 is 11.3. The number of Topliss-reactive ketones (excluding diaryl/α,β-unsaturated/α-hetero) is 1. The van der Waals surface area contributed by atoms with Gasteiger partial charge in [-0.1, -0.05) is 30.3 Å². The summed E-state index contributed by atoms with van der Waals surface area (Å²) in [7, 11) is 1.56. The fourth-order valence-electron chi connectivity index (χ4n) is 3.18. The largest absolute Gasteiger partial charge is 0.493 e. The fourth-order valence-corrected chi connectivity index (χ4v) is 3.18. The van der Waals surface area contributed by atoms with Crippen molar-refractivity contribution in [2.45, 2.75) is 26.9 Å². The van der Waals surface area contributed by atoms with Gasteiger partial charge in [-0.25, -0.2) is 0 Å². The lowest BCUT2D eigenvalue weighted by Crippen LogP contribution is -2.08. The zero-order valence-corrected chi connectivity index (χ0v) is 16.4. The average molecular weight is 374 g/mol. The monoisotopic (exact) mass is 374 g/mol. The first-order valence-electron chi connectivity index (χ1n) is 9.03. The van der Waals surface area contributed by atoms with Crippen molar-refractivity contribution in [1.82, 2.24) is 4.98 Å². The van der Waals surface area contributed by atoms with Gasteiger partial charge >= 0.3 is 0 Å². The molecule has 0 atom stereocenters. The Hall–Kier alpha value is -3.52. The predicted octanol–water partition coefficient (Wildman–Crippen LogP) is 5.06. The van der Waals surface area contributed by atoms with E-state index in [1.165, 1.54) is 0 Å². The fraction of sp³-hybridized carbons (Fsp3) is 0.217. The van der Waals surface area contributed by atoms with Crippen LogP contribution in [0.4, 0.5) is 0 Å². The molecule has 142 valence electrons. The van der Waals surface area contributed by atoms with E-state index in [2.05, 4.69) is 4.98 Å². The van der Waals surface area contributed by atoms with Gasteiger partial charge < -0.3 is 14.5 Å². The number of fused-ring (bicyclic) bond motifs is 1. The summed E-state index contributed by atoms with van der Waals surface area (Å²) in [6.07, 6.45) is 1.48. The number of hydrogen-bond acceptors (Lipinski definition) is 4. The zero-order valence-electron chi connectivity index (χ0n) is 16.4. The van der Waals surface area contributed by atoms with Crippen LogP contribution < -0.4 is 9.47 Å². The summed E-state index contributed by atoms with van der Waals surface area (Å²) in [5.41, 5.74) is 2.77. The molecular formula is C23H22N2O3. The van der Waals surface area contributed by atoms with Crippen LogP contribution in [-0.2, 0) is 0 Å². The Balaban J connectivity index is 2.11. The number of methoxy groups -OCH3 is 1. The molecule has 28 heavy (non-hydrogen) atoms. The number of nitriles is 1. The van der Waals surface area contributed by atoms with Crippen LogP contribution in [0.3, 0.4) is 0 Å². The van der Waals surface area contributed by atoms with Crippen LogP contribution >= 0.6 is 0 Å². The summed E-state index contributed by atoms with van der Waals surface area (Å²) in [6.45, 7) is 5.65. The van der Waals surface area contributed by atoms with Gasteiger partial charge in [-0.2, -0.15) is 5.26 Å². The highest BCUT2D eigenvalue weighted by molar-refractivity contribution is 6.20. The highest BCUT2D eigenvalue weighted by Crippen LogP contribution is 2.34. The molecule has 0 amide bonds. The number of rotatable bonds is 6. The van der Waals surface area contributed by atoms with Crippen LogP contribution in [0.2, 0.25) is 0 Å². The number of nitrogens with zero attached hydrogens (tertiary/aromatic N) is 1. The van der Waals surface area contributed by atoms with Crippen molar-refractivity contribution in [3.8, 4) is 17.6 Å². The Kier molecular flexibility index (Phi) is 5.51. The number of allylic oxidation sites excluding steroid dienone is 1. The van der Waals surface area contributed by atoms with E-state index < -0.39 is 0 Å². The molecule has 0 aliphatic rings. The maximum atomic E-state index is 13.2. The summed E-state index contributed by atoms with van der Waals surface area (Å²) >= 11 is 0. The molecule has 0 bridgehead atoms. The molecule has 1 N–H and O–H groups in total. The highest BCUT2D eigenvalue weighted by atomic mass is 16.5. The van der Waals surface area contributed by atoms with Crippen molar-refractivity contribution in [1.29, 1.82) is 5.26 Å². The Bertz CT molecular complexity index is 1100. The number of carbonyl (C=O) groups excluding carboxylic acids is 1. The molecule has 2 aromatic carbocycles. The highest BCUT2D eigenvalue weighted by Gasteiger charge is 2.21. The molecule has 1 heterocycles. The Morgan fingerprint density at radius 3 is 2.61 bits per heavy atom. The lowest BCUT2D eigenvalue weighted by molar-refractivity contribution is 0.104. The second kappa shape index (κ2) is 8.01. The smallest absolute Gasteiger partial charge is 0.205 e. The van der Waals surface area contributed by atoms with Gasteiger partial charge in [-0.15, -0.1) is 0 Å². The van der Waals surface area contributed by atoms with Crippen LogP contribution in [0.25, 0.3) is 17.0 Å². The summed E-state index contributed by atoms with van der Waals surface area (Å²) in [4.78, 5) is 16.4. The third-order valence-corrected chi connectivity index (χ3v) is 4.37. The molecule has 0 spiro atoms. The molecule has 0 fully saturated rings. The van der Waals surface area contributed by atoms with Crippen LogP contribution in [0.5, 0.6) is 11.5 Å². The van der Waals surface area contributed by atoms with E-state index in [9.17, 15) is 10.1 Å². The Labute approximate surface area is 164 Å². The van der Waals surface area contributed by atoms with Crippen LogP contribution in [0.1, 0.15) is 35.5 Å². The maximum absolute atomic E-state index is 13.2. The van der Waals surface area contributed by atoms with Crippen molar-refractivity contribution in [2.75, 3.05) is 7.11 Å². The third kappa shape index (κ3) is 3.63.